The molecule has 0 radical (unpaired) electrons. The van der Waals surface area contributed by atoms with Crippen LogP contribution in [-0.2, 0) is 9.53 Å². The van der Waals surface area contributed by atoms with Crippen LogP contribution in [-0.4, -0.2) is 50.3 Å². The van der Waals surface area contributed by atoms with Crippen LogP contribution in [0.4, 0.5) is 4.39 Å². The van der Waals surface area contributed by atoms with Crippen molar-refractivity contribution in [2.75, 3.05) is 39.5 Å². The highest BCUT2D eigenvalue weighted by atomic mass is 35.5. The molecule has 2 heterocycles. The average Bonchev–Trinajstić information content (AvgIpc) is 3.10. The average molecular weight is 411 g/mol. The summed E-state index contributed by atoms with van der Waals surface area (Å²) >= 11 is 5.91. The van der Waals surface area contributed by atoms with Crippen LogP contribution in [0.25, 0.3) is 0 Å². The first-order chi connectivity index (χ1) is 13.5. The molecule has 28 heavy (non-hydrogen) atoms. The molecule has 1 aliphatic rings. The van der Waals surface area contributed by atoms with Gasteiger partial charge in [-0.25, -0.2) is 4.39 Å². The summed E-state index contributed by atoms with van der Waals surface area (Å²) in [7, 11) is 0. The van der Waals surface area contributed by atoms with Crippen LogP contribution in [0.2, 0.25) is 5.02 Å². The molecule has 152 valence electrons. The van der Waals surface area contributed by atoms with E-state index in [1.165, 1.54) is 18.2 Å². The first-order valence-electron chi connectivity index (χ1n) is 9.25. The predicted molar refractivity (Wildman–Crippen MR) is 103 cm³/mol. The molecule has 0 saturated carbocycles. The molecule has 0 aliphatic carbocycles. The predicted octanol–water partition coefficient (Wildman–Crippen LogP) is 3.34. The number of hydrogen-bond donors (Lipinski definition) is 1. The molecule has 2 aromatic rings. The van der Waals surface area contributed by atoms with E-state index in [1.54, 1.807) is 0 Å². The van der Waals surface area contributed by atoms with Crippen LogP contribution in [0.5, 0.6) is 5.75 Å². The Balaban J connectivity index is 1.50. The van der Waals surface area contributed by atoms with Gasteiger partial charge in [-0.15, -0.1) is 0 Å². The van der Waals surface area contributed by atoms with Gasteiger partial charge < -0.3 is 19.2 Å². The molecule has 1 N–H and O–H groups in total. The fraction of sp³-hybridized carbons (Fsp3) is 0.450. The van der Waals surface area contributed by atoms with Crippen molar-refractivity contribution in [3.63, 3.8) is 0 Å². The standard InChI is InChI=1S/C20H24ClFN2O4/c1-14-2-4-19(28-14)17(24-7-10-26-11-8-24)13-23-20(25)6-9-27-18-5-3-15(22)12-16(18)21/h2-5,12,17H,6-11,13H2,1H3,(H,23,25). The van der Waals surface area contributed by atoms with Crippen molar-refractivity contribution in [2.24, 2.45) is 0 Å². The summed E-state index contributed by atoms with van der Waals surface area (Å²) in [5.41, 5.74) is 0. The van der Waals surface area contributed by atoms with Crippen LogP contribution in [0.3, 0.4) is 0 Å². The Kier molecular flexibility index (Phi) is 7.30. The summed E-state index contributed by atoms with van der Waals surface area (Å²) in [4.78, 5) is 14.5. The number of ether oxygens (including phenoxy) is 2. The van der Waals surface area contributed by atoms with Gasteiger partial charge in [-0.05, 0) is 37.3 Å². The summed E-state index contributed by atoms with van der Waals surface area (Å²) in [5, 5.41) is 3.12. The number of carbonyl (C=O) groups excluding carboxylic acids is 1. The van der Waals surface area contributed by atoms with Gasteiger partial charge in [-0.1, -0.05) is 11.6 Å². The minimum absolute atomic E-state index is 0.0472. The van der Waals surface area contributed by atoms with E-state index in [2.05, 4.69) is 10.2 Å². The normalized spacial score (nSPS) is 16.0. The lowest BCUT2D eigenvalue weighted by atomic mass is 10.1. The van der Waals surface area contributed by atoms with Gasteiger partial charge in [0.15, 0.2) is 0 Å². The number of carbonyl (C=O) groups is 1. The molecule has 0 bridgehead atoms. The Hall–Kier alpha value is -2.09. The molecule has 1 amide bonds. The summed E-state index contributed by atoms with van der Waals surface area (Å²) in [6.07, 6.45) is 0.167. The first-order valence-corrected chi connectivity index (χ1v) is 9.63. The lowest BCUT2D eigenvalue weighted by molar-refractivity contribution is -0.122. The highest BCUT2D eigenvalue weighted by Gasteiger charge is 2.25. The molecule has 0 spiro atoms. The van der Waals surface area contributed by atoms with Crippen LogP contribution in [0.1, 0.15) is 24.0 Å². The number of amides is 1. The number of benzene rings is 1. The Morgan fingerprint density at radius 3 is 2.79 bits per heavy atom. The molecule has 1 aromatic carbocycles. The summed E-state index contributed by atoms with van der Waals surface area (Å²) in [6, 6.07) is 7.71. The second-order valence-corrected chi connectivity index (χ2v) is 7.00. The Morgan fingerprint density at radius 1 is 1.32 bits per heavy atom. The summed E-state index contributed by atoms with van der Waals surface area (Å²) < 4.78 is 29.7. The maximum Gasteiger partial charge on any atom is 0.223 e. The van der Waals surface area contributed by atoms with Gasteiger partial charge in [0.05, 0.1) is 37.3 Å². The van der Waals surface area contributed by atoms with E-state index in [9.17, 15) is 9.18 Å². The topological polar surface area (TPSA) is 63.9 Å². The number of halogens is 2. The van der Waals surface area contributed by atoms with Gasteiger partial charge in [0, 0.05) is 19.6 Å². The third kappa shape index (κ3) is 5.70. The molecular weight excluding hydrogens is 387 g/mol. The molecule has 1 unspecified atom stereocenters. The lowest BCUT2D eigenvalue weighted by Gasteiger charge is -2.33. The molecule has 1 atom stereocenters. The van der Waals surface area contributed by atoms with E-state index in [0.717, 1.165) is 24.6 Å². The summed E-state index contributed by atoms with van der Waals surface area (Å²) in [5.74, 6) is 1.45. The molecule has 3 rings (SSSR count). The number of aryl methyl sites for hydroxylation is 1. The van der Waals surface area contributed by atoms with Crippen LogP contribution in [0, 0.1) is 12.7 Å². The smallest absolute Gasteiger partial charge is 0.223 e. The Bertz CT molecular complexity index is 792. The molecule has 1 aliphatic heterocycles. The number of hydrogen-bond acceptors (Lipinski definition) is 5. The van der Waals surface area contributed by atoms with Gasteiger partial charge in [-0.3, -0.25) is 9.69 Å². The number of rotatable bonds is 8. The van der Waals surface area contributed by atoms with Crippen molar-refractivity contribution in [2.45, 2.75) is 19.4 Å². The van der Waals surface area contributed by atoms with Gasteiger partial charge >= 0.3 is 0 Å². The van der Waals surface area contributed by atoms with Gasteiger partial charge in [-0.2, -0.15) is 0 Å². The maximum absolute atomic E-state index is 13.0. The van der Waals surface area contributed by atoms with E-state index in [-0.39, 0.29) is 30.0 Å². The van der Waals surface area contributed by atoms with Crippen molar-refractivity contribution in [3.05, 3.63) is 52.7 Å². The molecule has 1 fully saturated rings. The first kappa shape index (κ1) is 20.6. The monoisotopic (exact) mass is 410 g/mol. The van der Waals surface area contributed by atoms with E-state index in [1.807, 2.05) is 19.1 Å². The molecule has 6 nitrogen and oxygen atoms in total. The zero-order chi connectivity index (χ0) is 19.9. The zero-order valence-electron chi connectivity index (χ0n) is 15.7. The third-order valence-electron chi connectivity index (χ3n) is 4.55. The van der Waals surface area contributed by atoms with E-state index >= 15 is 0 Å². The van der Waals surface area contributed by atoms with Crippen LogP contribution < -0.4 is 10.1 Å². The van der Waals surface area contributed by atoms with Crippen LogP contribution in [0.15, 0.2) is 34.7 Å². The molecular formula is C20H24ClFN2O4. The number of nitrogens with zero attached hydrogens (tertiary/aromatic N) is 1. The third-order valence-corrected chi connectivity index (χ3v) is 4.84. The summed E-state index contributed by atoms with van der Waals surface area (Å²) in [6.45, 7) is 5.38. The maximum atomic E-state index is 13.0. The zero-order valence-corrected chi connectivity index (χ0v) is 16.5. The van der Waals surface area contributed by atoms with E-state index < -0.39 is 5.82 Å². The number of nitrogens with one attached hydrogen (secondary N) is 1. The number of furan rings is 1. The SMILES string of the molecule is Cc1ccc(C(CNC(=O)CCOc2ccc(F)cc2Cl)N2CCOCC2)o1. The fourth-order valence-electron chi connectivity index (χ4n) is 3.08. The van der Waals surface area contributed by atoms with Crippen molar-refractivity contribution < 1.29 is 23.1 Å². The Morgan fingerprint density at radius 2 is 2.11 bits per heavy atom. The Labute approximate surface area is 168 Å². The second kappa shape index (κ2) is 9.91. The van der Waals surface area contributed by atoms with Gasteiger partial charge in [0.1, 0.15) is 23.1 Å². The van der Waals surface area contributed by atoms with Gasteiger partial charge in [0.2, 0.25) is 5.91 Å². The second-order valence-electron chi connectivity index (χ2n) is 6.59. The minimum atomic E-state index is -0.433. The lowest BCUT2D eigenvalue weighted by Crippen LogP contribution is -2.43. The van der Waals surface area contributed by atoms with Crippen molar-refractivity contribution in [1.29, 1.82) is 0 Å². The van der Waals surface area contributed by atoms with E-state index in [0.29, 0.717) is 25.5 Å². The minimum Gasteiger partial charge on any atom is -0.491 e. The van der Waals surface area contributed by atoms with Crippen molar-refractivity contribution in [3.8, 4) is 5.75 Å². The van der Waals surface area contributed by atoms with Gasteiger partial charge in [0.25, 0.3) is 0 Å². The van der Waals surface area contributed by atoms with Crippen molar-refractivity contribution in [1.82, 2.24) is 10.2 Å². The quantitative estimate of drug-likeness (QED) is 0.723. The highest BCUT2D eigenvalue weighted by Crippen LogP contribution is 2.25. The largest absolute Gasteiger partial charge is 0.491 e. The van der Waals surface area contributed by atoms with Crippen molar-refractivity contribution >= 4 is 17.5 Å². The van der Waals surface area contributed by atoms with E-state index in [4.69, 9.17) is 25.5 Å². The molecule has 1 saturated heterocycles. The molecule has 8 heteroatoms. The number of morpholine rings is 1. The highest BCUT2D eigenvalue weighted by molar-refractivity contribution is 6.32. The fourth-order valence-corrected chi connectivity index (χ4v) is 3.30. The molecule has 1 aromatic heterocycles. The van der Waals surface area contributed by atoms with Crippen LogP contribution >= 0.6 is 11.6 Å².